The lowest BCUT2D eigenvalue weighted by atomic mass is 10.1. The molecule has 0 aliphatic heterocycles. The minimum absolute atomic E-state index is 0.235. The average molecular weight is 332 g/mol. The van der Waals surface area contributed by atoms with Gasteiger partial charge in [0.05, 0.1) is 6.54 Å². The van der Waals surface area contributed by atoms with Crippen LogP contribution in [0.15, 0.2) is 53.1 Å². The van der Waals surface area contributed by atoms with Crippen LogP contribution in [0.25, 0.3) is 10.9 Å². The first kappa shape index (κ1) is 13.1. The summed E-state index contributed by atoms with van der Waals surface area (Å²) in [6.45, 7) is 0.428. The van der Waals surface area contributed by atoms with Crippen molar-refractivity contribution in [1.82, 2.24) is 4.57 Å². The minimum atomic E-state index is -0.235. The standard InChI is InChI=1S/C16H11BrFNO/c17-14-3-4-15(18)13(8-14)9-19-6-5-12-2-1-11(10-20)7-16(12)19/h1-8,10H,9H2. The van der Waals surface area contributed by atoms with Gasteiger partial charge in [0.1, 0.15) is 12.1 Å². The molecular formula is C16H11BrFNO. The Labute approximate surface area is 124 Å². The predicted molar refractivity (Wildman–Crippen MR) is 80.5 cm³/mol. The molecule has 2 nitrogen and oxygen atoms in total. The highest BCUT2D eigenvalue weighted by atomic mass is 79.9. The van der Waals surface area contributed by atoms with Gasteiger partial charge in [0.25, 0.3) is 0 Å². The molecule has 0 N–H and O–H groups in total. The Morgan fingerprint density at radius 1 is 1.15 bits per heavy atom. The Bertz CT molecular complexity index is 794. The second-order valence-electron chi connectivity index (χ2n) is 4.62. The van der Waals surface area contributed by atoms with Gasteiger partial charge in [0.15, 0.2) is 0 Å². The number of carbonyl (C=O) groups is 1. The smallest absolute Gasteiger partial charge is 0.150 e. The van der Waals surface area contributed by atoms with Crippen LogP contribution < -0.4 is 0 Å². The maximum absolute atomic E-state index is 13.8. The summed E-state index contributed by atoms with van der Waals surface area (Å²) in [5.41, 5.74) is 2.15. The molecule has 0 saturated carbocycles. The number of aromatic nitrogens is 1. The summed E-state index contributed by atoms with van der Waals surface area (Å²) >= 11 is 3.35. The molecule has 1 aromatic heterocycles. The highest BCUT2D eigenvalue weighted by Gasteiger charge is 2.07. The number of hydrogen-bond acceptors (Lipinski definition) is 1. The molecule has 0 aliphatic rings. The molecule has 2 aromatic carbocycles. The second kappa shape index (κ2) is 5.21. The van der Waals surface area contributed by atoms with Crippen molar-refractivity contribution in [2.45, 2.75) is 6.54 Å². The monoisotopic (exact) mass is 331 g/mol. The van der Waals surface area contributed by atoms with Crippen LogP contribution in [0.5, 0.6) is 0 Å². The summed E-state index contributed by atoms with van der Waals surface area (Å²) in [5, 5.41) is 1.03. The van der Waals surface area contributed by atoms with Crippen molar-refractivity contribution in [3.8, 4) is 0 Å². The van der Waals surface area contributed by atoms with Crippen molar-refractivity contribution in [2.75, 3.05) is 0 Å². The fourth-order valence-corrected chi connectivity index (χ4v) is 2.67. The summed E-state index contributed by atoms with van der Waals surface area (Å²) in [5.74, 6) is -0.235. The summed E-state index contributed by atoms with van der Waals surface area (Å²) in [4.78, 5) is 10.9. The van der Waals surface area contributed by atoms with Crippen LogP contribution in [0.4, 0.5) is 4.39 Å². The molecule has 0 atom stereocenters. The van der Waals surface area contributed by atoms with Crippen molar-refractivity contribution in [3.63, 3.8) is 0 Å². The van der Waals surface area contributed by atoms with Crippen molar-refractivity contribution in [3.05, 3.63) is 70.1 Å². The SMILES string of the molecule is O=Cc1ccc2ccn(Cc3cc(Br)ccc3F)c2c1. The van der Waals surface area contributed by atoms with E-state index < -0.39 is 0 Å². The number of hydrogen-bond donors (Lipinski definition) is 0. The lowest BCUT2D eigenvalue weighted by Gasteiger charge is -2.08. The van der Waals surface area contributed by atoms with Crippen molar-refractivity contribution in [2.24, 2.45) is 0 Å². The Morgan fingerprint density at radius 3 is 2.80 bits per heavy atom. The highest BCUT2D eigenvalue weighted by Crippen LogP contribution is 2.21. The van der Waals surface area contributed by atoms with Gasteiger partial charge < -0.3 is 4.57 Å². The van der Waals surface area contributed by atoms with E-state index in [9.17, 15) is 9.18 Å². The summed E-state index contributed by atoms with van der Waals surface area (Å²) in [6.07, 6.45) is 2.72. The van der Waals surface area contributed by atoms with Crippen LogP contribution in [0.3, 0.4) is 0 Å². The molecule has 0 aliphatic carbocycles. The van der Waals surface area contributed by atoms with E-state index in [4.69, 9.17) is 0 Å². The summed E-state index contributed by atoms with van der Waals surface area (Å²) in [7, 11) is 0. The second-order valence-corrected chi connectivity index (χ2v) is 5.53. The van der Waals surface area contributed by atoms with Gasteiger partial charge in [-0.2, -0.15) is 0 Å². The Kier molecular flexibility index (Phi) is 3.40. The Balaban J connectivity index is 2.06. The molecule has 0 radical (unpaired) electrons. The number of halogens is 2. The molecule has 20 heavy (non-hydrogen) atoms. The molecule has 0 fully saturated rings. The number of rotatable bonds is 3. The summed E-state index contributed by atoms with van der Waals surface area (Å²) < 4.78 is 16.6. The van der Waals surface area contributed by atoms with Crippen LogP contribution in [0.1, 0.15) is 15.9 Å². The van der Waals surface area contributed by atoms with Gasteiger partial charge in [-0.15, -0.1) is 0 Å². The van der Waals surface area contributed by atoms with Gasteiger partial charge in [0, 0.05) is 27.3 Å². The third kappa shape index (κ3) is 2.39. The highest BCUT2D eigenvalue weighted by molar-refractivity contribution is 9.10. The molecule has 100 valence electrons. The zero-order valence-corrected chi connectivity index (χ0v) is 12.1. The molecule has 0 amide bonds. The quantitative estimate of drug-likeness (QED) is 0.652. The maximum atomic E-state index is 13.8. The van der Waals surface area contributed by atoms with Crippen LogP contribution in [0.2, 0.25) is 0 Å². The first-order valence-corrected chi connectivity index (χ1v) is 6.95. The van der Waals surface area contributed by atoms with Gasteiger partial charge in [-0.25, -0.2) is 4.39 Å². The lowest BCUT2D eigenvalue weighted by molar-refractivity contribution is 0.112. The molecule has 4 heteroatoms. The molecule has 3 rings (SSSR count). The number of carbonyl (C=O) groups excluding carboxylic acids is 1. The van der Waals surface area contributed by atoms with E-state index in [1.54, 1.807) is 18.2 Å². The number of fused-ring (bicyclic) bond motifs is 1. The largest absolute Gasteiger partial charge is 0.343 e. The van der Waals surface area contributed by atoms with E-state index in [1.807, 2.05) is 29.0 Å². The van der Waals surface area contributed by atoms with E-state index in [1.165, 1.54) is 6.07 Å². The Hall–Kier alpha value is -1.94. The first-order valence-electron chi connectivity index (χ1n) is 6.15. The Morgan fingerprint density at radius 2 is 2.00 bits per heavy atom. The molecule has 0 saturated heterocycles. The first-order chi connectivity index (χ1) is 9.67. The average Bonchev–Trinajstić information content (AvgIpc) is 2.85. The maximum Gasteiger partial charge on any atom is 0.150 e. The van der Waals surface area contributed by atoms with E-state index in [2.05, 4.69) is 15.9 Å². The van der Waals surface area contributed by atoms with Crippen molar-refractivity contribution in [1.29, 1.82) is 0 Å². The fourth-order valence-electron chi connectivity index (χ4n) is 2.26. The van der Waals surface area contributed by atoms with E-state index >= 15 is 0 Å². The van der Waals surface area contributed by atoms with Crippen LogP contribution in [-0.2, 0) is 6.54 Å². The number of nitrogens with zero attached hydrogens (tertiary/aromatic N) is 1. The third-order valence-electron chi connectivity index (χ3n) is 3.28. The van der Waals surface area contributed by atoms with E-state index in [0.29, 0.717) is 17.7 Å². The van der Waals surface area contributed by atoms with Gasteiger partial charge in [-0.3, -0.25) is 4.79 Å². The van der Waals surface area contributed by atoms with Gasteiger partial charge in [-0.1, -0.05) is 28.1 Å². The predicted octanol–water partition coefficient (Wildman–Crippen LogP) is 4.40. The molecule has 0 unspecified atom stereocenters. The number of benzene rings is 2. The molecule has 3 aromatic rings. The molecule has 1 heterocycles. The van der Waals surface area contributed by atoms with Crippen LogP contribution >= 0.6 is 15.9 Å². The minimum Gasteiger partial charge on any atom is -0.343 e. The van der Waals surface area contributed by atoms with E-state index in [0.717, 1.165) is 21.7 Å². The van der Waals surface area contributed by atoms with Crippen LogP contribution in [0, 0.1) is 5.82 Å². The van der Waals surface area contributed by atoms with Crippen molar-refractivity contribution < 1.29 is 9.18 Å². The lowest BCUT2D eigenvalue weighted by Crippen LogP contribution is -2.00. The molecular weight excluding hydrogens is 321 g/mol. The zero-order chi connectivity index (χ0) is 14.1. The fraction of sp³-hybridized carbons (Fsp3) is 0.0625. The molecule has 0 spiro atoms. The van der Waals surface area contributed by atoms with Gasteiger partial charge >= 0.3 is 0 Å². The van der Waals surface area contributed by atoms with Crippen LogP contribution in [-0.4, -0.2) is 10.9 Å². The number of aldehydes is 1. The summed E-state index contributed by atoms with van der Waals surface area (Å²) in [6, 6.07) is 12.3. The topological polar surface area (TPSA) is 22.0 Å². The normalized spacial score (nSPS) is 10.9. The van der Waals surface area contributed by atoms with Gasteiger partial charge in [0.2, 0.25) is 0 Å². The third-order valence-corrected chi connectivity index (χ3v) is 3.78. The molecule has 0 bridgehead atoms. The van der Waals surface area contributed by atoms with E-state index in [-0.39, 0.29) is 5.82 Å². The van der Waals surface area contributed by atoms with Gasteiger partial charge in [-0.05, 0) is 35.7 Å². The van der Waals surface area contributed by atoms with Crippen molar-refractivity contribution >= 4 is 33.1 Å². The zero-order valence-electron chi connectivity index (χ0n) is 10.5.